The summed E-state index contributed by atoms with van der Waals surface area (Å²) in [5, 5.41) is 11.2. The summed E-state index contributed by atoms with van der Waals surface area (Å²) < 4.78 is 0. The predicted octanol–water partition coefficient (Wildman–Crippen LogP) is 0.369. The number of carboxylic acids is 1. The molecule has 0 aromatic carbocycles. The summed E-state index contributed by atoms with van der Waals surface area (Å²) in [6.07, 6.45) is 1.48. The molecule has 0 aliphatic heterocycles. The van der Waals surface area contributed by atoms with E-state index >= 15 is 0 Å². The second kappa shape index (κ2) is 5.56. The van der Waals surface area contributed by atoms with E-state index in [1.807, 2.05) is 0 Å². The fourth-order valence-corrected chi connectivity index (χ4v) is 0.869. The van der Waals surface area contributed by atoms with E-state index in [0.717, 1.165) is 12.2 Å². The molecule has 0 saturated heterocycles. The van der Waals surface area contributed by atoms with Gasteiger partial charge in [0.05, 0.1) is 0 Å². The highest BCUT2D eigenvalue weighted by Gasteiger charge is 2.12. The summed E-state index contributed by atoms with van der Waals surface area (Å²) >= 11 is 3.98. The lowest BCUT2D eigenvalue weighted by molar-refractivity contribution is -0.139. The Kier molecular flexibility index (Phi) is 5.43. The zero-order chi connectivity index (χ0) is 7.98. The predicted molar refractivity (Wildman–Crippen MR) is 43.6 cm³/mol. The molecule has 0 saturated carbocycles. The molecule has 0 fully saturated rings. The first-order valence-electron chi connectivity index (χ1n) is 3.23. The average molecular weight is 163 g/mol. The maximum atomic E-state index is 10.3. The summed E-state index contributed by atoms with van der Waals surface area (Å²) in [7, 11) is 1.65. The molecular formula is C6H13NO2S. The van der Waals surface area contributed by atoms with E-state index in [4.69, 9.17) is 5.11 Å². The Morgan fingerprint density at radius 3 is 2.70 bits per heavy atom. The van der Waals surface area contributed by atoms with Crippen molar-refractivity contribution in [3.05, 3.63) is 0 Å². The number of nitrogens with one attached hydrogen (secondary N) is 1. The van der Waals surface area contributed by atoms with Gasteiger partial charge in [0.1, 0.15) is 6.04 Å². The van der Waals surface area contributed by atoms with Gasteiger partial charge in [0.2, 0.25) is 0 Å². The molecule has 4 heteroatoms. The molecule has 0 amide bonds. The first-order valence-corrected chi connectivity index (χ1v) is 3.86. The van der Waals surface area contributed by atoms with Crippen LogP contribution >= 0.6 is 12.6 Å². The lowest BCUT2D eigenvalue weighted by atomic mass is 10.2. The van der Waals surface area contributed by atoms with Crippen LogP contribution in [-0.4, -0.2) is 29.9 Å². The summed E-state index contributed by atoms with van der Waals surface area (Å²) in [5.74, 6) is -0.0462. The molecule has 0 bridgehead atoms. The molecule has 0 spiro atoms. The minimum atomic E-state index is -0.788. The molecular weight excluding hydrogens is 150 g/mol. The van der Waals surface area contributed by atoms with Crippen molar-refractivity contribution in [2.45, 2.75) is 18.9 Å². The molecule has 60 valence electrons. The summed E-state index contributed by atoms with van der Waals surface area (Å²) in [4.78, 5) is 10.3. The smallest absolute Gasteiger partial charge is 0.320 e. The third kappa shape index (κ3) is 3.74. The van der Waals surface area contributed by atoms with Crippen molar-refractivity contribution in [3.63, 3.8) is 0 Å². The van der Waals surface area contributed by atoms with E-state index in [1.165, 1.54) is 0 Å². The summed E-state index contributed by atoms with van der Waals surface area (Å²) in [5.41, 5.74) is 0. The highest BCUT2D eigenvalue weighted by molar-refractivity contribution is 7.80. The first kappa shape index (κ1) is 9.78. The van der Waals surface area contributed by atoms with Crippen molar-refractivity contribution in [2.75, 3.05) is 12.8 Å². The second-order valence-electron chi connectivity index (χ2n) is 2.05. The number of hydrogen-bond donors (Lipinski definition) is 3. The van der Waals surface area contributed by atoms with Gasteiger partial charge in [0, 0.05) is 0 Å². The van der Waals surface area contributed by atoms with E-state index in [0.29, 0.717) is 6.42 Å². The largest absolute Gasteiger partial charge is 0.480 e. The Bertz CT molecular complexity index is 108. The minimum absolute atomic E-state index is 0.410. The van der Waals surface area contributed by atoms with Gasteiger partial charge < -0.3 is 10.4 Å². The number of likely N-dealkylation sites (N-methyl/N-ethyl adjacent to an activating group) is 1. The van der Waals surface area contributed by atoms with Gasteiger partial charge in [-0.2, -0.15) is 12.6 Å². The van der Waals surface area contributed by atoms with Gasteiger partial charge >= 0.3 is 5.97 Å². The van der Waals surface area contributed by atoms with Crippen LogP contribution in [0.1, 0.15) is 12.8 Å². The monoisotopic (exact) mass is 163 g/mol. The maximum Gasteiger partial charge on any atom is 0.320 e. The third-order valence-electron chi connectivity index (χ3n) is 1.30. The van der Waals surface area contributed by atoms with Crippen molar-refractivity contribution in [2.24, 2.45) is 0 Å². The Hall–Kier alpha value is -0.220. The van der Waals surface area contributed by atoms with Crippen LogP contribution in [-0.2, 0) is 4.79 Å². The van der Waals surface area contributed by atoms with Gasteiger partial charge in [-0.25, -0.2) is 0 Å². The fraction of sp³-hybridized carbons (Fsp3) is 0.833. The SMILES string of the molecule is CN[C@H](CCCS)C(=O)O. The van der Waals surface area contributed by atoms with Crippen molar-refractivity contribution >= 4 is 18.6 Å². The molecule has 1 atom stereocenters. The number of thiol groups is 1. The molecule has 3 nitrogen and oxygen atoms in total. The Labute approximate surface area is 66.2 Å². The molecule has 0 aromatic rings. The molecule has 2 N–H and O–H groups in total. The van der Waals surface area contributed by atoms with Crippen LogP contribution in [0.5, 0.6) is 0 Å². The van der Waals surface area contributed by atoms with E-state index in [2.05, 4.69) is 17.9 Å². The lowest BCUT2D eigenvalue weighted by Crippen LogP contribution is -2.33. The van der Waals surface area contributed by atoms with E-state index in [-0.39, 0.29) is 0 Å². The van der Waals surface area contributed by atoms with Crippen LogP contribution in [0.25, 0.3) is 0 Å². The normalized spacial score (nSPS) is 13.0. The van der Waals surface area contributed by atoms with E-state index in [1.54, 1.807) is 7.05 Å². The lowest BCUT2D eigenvalue weighted by Gasteiger charge is -2.08. The third-order valence-corrected chi connectivity index (χ3v) is 1.61. The number of hydrogen-bond acceptors (Lipinski definition) is 3. The van der Waals surface area contributed by atoms with Crippen molar-refractivity contribution in [1.82, 2.24) is 5.32 Å². The standard InChI is InChI=1S/C6H13NO2S/c1-7-5(6(8)9)3-2-4-10/h5,7,10H,2-4H2,1H3,(H,8,9)/t5-/m1/s1. The van der Waals surface area contributed by atoms with Gasteiger partial charge in [0.25, 0.3) is 0 Å². The maximum absolute atomic E-state index is 10.3. The van der Waals surface area contributed by atoms with Crippen LogP contribution in [0, 0.1) is 0 Å². The van der Waals surface area contributed by atoms with Gasteiger partial charge in [0.15, 0.2) is 0 Å². The highest BCUT2D eigenvalue weighted by atomic mass is 32.1. The fourth-order valence-electron chi connectivity index (χ4n) is 0.687. The molecule has 0 unspecified atom stereocenters. The molecule has 0 radical (unpaired) electrons. The van der Waals surface area contributed by atoms with Gasteiger partial charge in [-0.05, 0) is 25.6 Å². The molecule has 0 aromatic heterocycles. The van der Waals surface area contributed by atoms with Crippen LogP contribution in [0.15, 0.2) is 0 Å². The average Bonchev–Trinajstić information content (AvgIpc) is 1.89. The Morgan fingerprint density at radius 1 is 1.80 bits per heavy atom. The molecule has 0 rings (SSSR count). The van der Waals surface area contributed by atoms with Crippen molar-refractivity contribution < 1.29 is 9.90 Å². The first-order chi connectivity index (χ1) is 4.72. The molecule has 0 heterocycles. The van der Waals surface area contributed by atoms with Crippen LogP contribution < -0.4 is 5.32 Å². The van der Waals surface area contributed by atoms with Crippen LogP contribution in [0.3, 0.4) is 0 Å². The van der Waals surface area contributed by atoms with Crippen molar-refractivity contribution in [1.29, 1.82) is 0 Å². The molecule has 10 heavy (non-hydrogen) atoms. The summed E-state index contributed by atoms with van der Waals surface area (Å²) in [6.45, 7) is 0. The number of rotatable bonds is 5. The molecule has 0 aliphatic rings. The number of carboxylic acid groups (broad SMARTS) is 1. The second-order valence-corrected chi connectivity index (χ2v) is 2.49. The van der Waals surface area contributed by atoms with Gasteiger partial charge in [-0.1, -0.05) is 0 Å². The Balaban J connectivity index is 3.50. The Morgan fingerprint density at radius 2 is 2.40 bits per heavy atom. The summed E-state index contributed by atoms with van der Waals surface area (Å²) in [6, 6.07) is -0.410. The van der Waals surface area contributed by atoms with Crippen LogP contribution in [0.4, 0.5) is 0 Å². The van der Waals surface area contributed by atoms with Gasteiger partial charge in [-0.15, -0.1) is 0 Å². The number of aliphatic carboxylic acids is 1. The van der Waals surface area contributed by atoms with E-state index in [9.17, 15) is 4.79 Å². The van der Waals surface area contributed by atoms with E-state index < -0.39 is 12.0 Å². The van der Waals surface area contributed by atoms with Crippen molar-refractivity contribution in [3.8, 4) is 0 Å². The highest BCUT2D eigenvalue weighted by Crippen LogP contribution is 1.97. The number of carbonyl (C=O) groups is 1. The van der Waals surface area contributed by atoms with Crippen LogP contribution in [0.2, 0.25) is 0 Å². The minimum Gasteiger partial charge on any atom is -0.480 e. The molecule has 0 aliphatic carbocycles. The quantitative estimate of drug-likeness (QED) is 0.513. The zero-order valence-corrected chi connectivity index (χ0v) is 6.90. The zero-order valence-electron chi connectivity index (χ0n) is 6.00. The van der Waals surface area contributed by atoms with Gasteiger partial charge in [-0.3, -0.25) is 4.79 Å². The topological polar surface area (TPSA) is 49.3 Å².